The van der Waals surface area contributed by atoms with Crippen LogP contribution in [0, 0.1) is 12.3 Å². The molecule has 0 unspecified atom stereocenters. The molecule has 2 aliphatic heterocycles. The number of rotatable bonds is 5. The number of aromatic nitrogens is 2. The van der Waals surface area contributed by atoms with Gasteiger partial charge in [0.15, 0.2) is 9.34 Å². The van der Waals surface area contributed by atoms with Crippen molar-refractivity contribution < 1.29 is 18.0 Å². The number of thiazole rings is 1. The Labute approximate surface area is 202 Å². The van der Waals surface area contributed by atoms with Crippen LogP contribution >= 0.6 is 23.1 Å². The third-order valence-corrected chi connectivity index (χ3v) is 10.5. The number of anilines is 1. The van der Waals surface area contributed by atoms with Crippen molar-refractivity contribution in [1.82, 2.24) is 19.2 Å². The Hall–Kier alpha value is -2.02. The minimum Gasteiger partial charge on any atom is -0.339 e. The van der Waals surface area contributed by atoms with Gasteiger partial charge in [0.2, 0.25) is 5.91 Å². The zero-order valence-electron chi connectivity index (χ0n) is 18.8. The van der Waals surface area contributed by atoms with E-state index in [0.717, 1.165) is 35.6 Å². The van der Waals surface area contributed by atoms with Crippen LogP contribution in [0.1, 0.15) is 42.2 Å². The Morgan fingerprint density at radius 2 is 1.91 bits per heavy atom. The molecule has 0 radical (unpaired) electrons. The molecule has 1 N–H and O–H groups in total. The molecule has 0 aliphatic carbocycles. The molecule has 0 atom stereocenters. The van der Waals surface area contributed by atoms with Crippen LogP contribution in [0.25, 0.3) is 0 Å². The molecule has 12 heteroatoms. The molecule has 1 spiro atoms. The maximum Gasteiger partial charge on any atom is 0.256 e. The number of hydrogen-bond donors (Lipinski definition) is 1. The molecular formula is C21H27N5O4S3. The fourth-order valence-corrected chi connectivity index (χ4v) is 8.21. The van der Waals surface area contributed by atoms with Gasteiger partial charge in [-0.15, -0.1) is 11.8 Å². The van der Waals surface area contributed by atoms with E-state index >= 15 is 0 Å². The van der Waals surface area contributed by atoms with Gasteiger partial charge in [0.05, 0.1) is 11.3 Å². The molecule has 4 heterocycles. The normalized spacial score (nSPS) is 18.6. The van der Waals surface area contributed by atoms with Gasteiger partial charge in [-0.05, 0) is 50.0 Å². The number of nitrogens with zero attached hydrogens (tertiary/aromatic N) is 4. The molecule has 4 rings (SSSR count). The monoisotopic (exact) mass is 509 g/mol. The zero-order chi connectivity index (χ0) is 23.8. The van der Waals surface area contributed by atoms with Crippen molar-refractivity contribution >= 4 is 50.1 Å². The maximum absolute atomic E-state index is 13.3. The van der Waals surface area contributed by atoms with Crippen molar-refractivity contribution in [3.8, 4) is 0 Å². The number of thioether (sulfide) groups is 1. The van der Waals surface area contributed by atoms with Crippen molar-refractivity contribution in [3.05, 3.63) is 29.6 Å². The van der Waals surface area contributed by atoms with E-state index in [0.29, 0.717) is 42.6 Å². The standard InChI is InChI=1S/C21H27N5O4S3/c1-14-19(32-20(23-14)24-15(2)27)33(29,30)26-12-8-21(13-26)6-10-25(11-7-21)18(28)16-5-4-9-22-17(16)31-3/h4-5,9H,6-8,10-13H2,1-3H3,(H,23,24,27). The van der Waals surface area contributed by atoms with E-state index in [2.05, 4.69) is 15.3 Å². The maximum atomic E-state index is 13.3. The molecule has 2 aromatic heterocycles. The lowest BCUT2D eigenvalue weighted by molar-refractivity contribution is -0.114. The van der Waals surface area contributed by atoms with Crippen molar-refractivity contribution in [1.29, 1.82) is 0 Å². The lowest BCUT2D eigenvalue weighted by atomic mass is 9.78. The number of carbonyl (C=O) groups excluding carboxylic acids is 2. The van der Waals surface area contributed by atoms with Crippen LogP contribution in [0.5, 0.6) is 0 Å². The van der Waals surface area contributed by atoms with Crippen molar-refractivity contribution in [2.75, 3.05) is 37.8 Å². The Bertz CT molecular complexity index is 1170. The lowest BCUT2D eigenvalue weighted by Crippen LogP contribution is -2.44. The molecular weight excluding hydrogens is 482 g/mol. The highest BCUT2D eigenvalue weighted by Gasteiger charge is 2.46. The van der Waals surface area contributed by atoms with Gasteiger partial charge < -0.3 is 10.2 Å². The lowest BCUT2D eigenvalue weighted by Gasteiger charge is -2.39. The minimum atomic E-state index is -3.70. The second-order valence-electron chi connectivity index (χ2n) is 8.51. The van der Waals surface area contributed by atoms with Crippen molar-refractivity contribution in [3.63, 3.8) is 0 Å². The van der Waals surface area contributed by atoms with Crippen molar-refractivity contribution in [2.45, 2.75) is 42.3 Å². The van der Waals surface area contributed by atoms with Gasteiger partial charge in [0.1, 0.15) is 5.03 Å². The fraction of sp³-hybridized carbons (Fsp3) is 0.524. The summed E-state index contributed by atoms with van der Waals surface area (Å²) in [6.45, 7) is 5.09. The van der Waals surface area contributed by atoms with E-state index in [4.69, 9.17) is 0 Å². The van der Waals surface area contributed by atoms with Gasteiger partial charge in [0, 0.05) is 39.3 Å². The molecule has 33 heavy (non-hydrogen) atoms. The zero-order valence-corrected chi connectivity index (χ0v) is 21.3. The topological polar surface area (TPSA) is 113 Å². The number of carbonyl (C=O) groups is 2. The molecule has 2 aliphatic rings. The molecule has 2 amide bonds. The number of nitrogens with one attached hydrogen (secondary N) is 1. The number of likely N-dealkylation sites (tertiary alicyclic amines) is 1. The summed E-state index contributed by atoms with van der Waals surface area (Å²) in [7, 11) is -3.70. The summed E-state index contributed by atoms with van der Waals surface area (Å²) in [5, 5.41) is 3.58. The summed E-state index contributed by atoms with van der Waals surface area (Å²) in [5.74, 6) is -0.305. The largest absolute Gasteiger partial charge is 0.339 e. The van der Waals surface area contributed by atoms with Crippen LogP contribution in [0.4, 0.5) is 5.13 Å². The minimum absolute atomic E-state index is 0.0180. The first-order valence-corrected chi connectivity index (χ1v) is 14.2. The van der Waals surface area contributed by atoms with Crippen LogP contribution in [-0.4, -0.2) is 71.8 Å². The second kappa shape index (κ2) is 9.32. The number of piperidine rings is 1. The van der Waals surface area contributed by atoms with E-state index in [1.54, 1.807) is 19.2 Å². The fourth-order valence-electron chi connectivity index (χ4n) is 4.52. The Morgan fingerprint density at radius 3 is 2.58 bits per heavy atom. The van der Waals surface area contributed by atoms with E-state index in [1.807, 2.05) is 17.2 Å². The average molecular weight is 510 g/mol. The molecule has 2 aromatic rings. The van der Waals surface area contributed by atoms with Crippen LogP contribution in [0.15, 0.2) is 27.6 Å². The molecule has 0 saturated carbocycles. The summed E-state index contributed by atoms with van der Waals surface area (Å²) in [6.07, 6.45) is 5.89. The predicted molar refractivity (Wildman–Crippen MR) is 128 cm³/mol. The van der Waals surface area contributed by atoms with Crippen LogP contribution in [0.3, 0.4) is 0 Å². The van der Waals surface area contributed by atoms with Crippen molar-refractivity contribution in [2.24, 2.45) is 5.41 Å². The van der Waals surface area contributed by atoms with Gasteiger partial charge in [-0.1, -0.05) is 11.3 Å². The van der Waals surface area contributed by atoms with E-state index < -0.39 is 10.0 Å². The summed E-state index contributed by atoms with van der Waals surface area (Å²) >= 11 is 2.44. The summed E-state index contributed by atoms with van der Waals surface area (Å²) in [6, 6.07) is 3.58. The Balaban J connectivity index is 1.43. The van der Waals surface area contributed by atoms with Gasteiger partial charge in [0.25, 0.3) is 15.9 Å². The molecule has 2 fully saturated rings. The highest BCUT2D eigenvalue weighted by atomic mass is 32.2. The van der Waals surface area contributed by atoms with E-state index in [-0.39, 0.29) is 21.4 Å². The first-order valence-electron chi connectivity index (χ1n) is 10.7. The van der Waals surface area contributed by atoms with Crippen LogP contribution < -0.4 is 5.32 Å². The highest BCUT2D eigenvalue weighted by molar-refractivity contribution is 7.98. The summed E-state index contributed by atoms with van der Waals surface area (Å²) in [4.78, 5) is 34.7. The first kappa shape index (κ1) is 24.1. The van der Waals surface area contributed by atoms with Crippen LogP contribution in [-0.2, 0) is 14.8 Å². The molecule has 2 saturated heterocycles. The number of pyridine rings is 1. The van der Waals surface area contributed by atoms with E-state index in [1.165, 1.54) is 23.0 Å². The average Bonchev–Trinajstić information content (AvgIpc) is 3.37. The molecule has 0 bridgehead atoms. The number of sulfonamides is 1. The summed E-state index contributed by atoms with van der Waals surface area (Å²) in [5.41, 5.74) is 0.888. The number of amides is 2. The second-order valence-corrected chi connectivity index (χ2v) is 12.4. The summed E-state index contributed by atoms with van der Waals surface area (Å²) < 4.78 is 28.4. The van der Waals surface area contributed by atoms with Gasteiger partial charge in [-0.3, -0.25) is 9.59 Å². The van der Waals surface area contributed by atoms with Gasteiger partial charge >= 0.3 is 0 Å². The van der Waals surface area contributed by atoms with E-state index in [9.17, 15) is 18.0 Å². The first-order chi connectivity index (χ1) is 15.6. The number of hydrogen-bond acceptors (Lipinski definition) is 8. The predicted octanol–water partition coefficient (Wildman–Crippen LogP) is 2.84. The third kappa shape index (κ3) is 4.79. The van der Waals surface area contributed by atoms with Gasteiger partial charge in [-0.25, -0.2) is 18.4 Å². The smallest absolute Gasteiger partial charge is 0.256 e. The van der Waals surface area contributed by atoms with Gasteiger partial charge in [-0.2, -0.15) is 4.31 Å². The SMILES string of the molecule is CSc1ncccc1C(=O)N1CCC2(CC1)CCN(S(=O)(=O)c1sc(NC(C)=O)nc1C)C2. The highest BCUT2D eigenvalue weighted by Crippen LogP contribution is 2.43. The number of aryl methyl sites for hydroxylation is 1. The molecule has 0 aromatic carbocycles. The Morgan fingerprint density at radius 1 is 1.21 bits per heavy atom. The van der Waals surface area contributed by atoms with Crippen LogP contribution in [0.2, 0.25) is 0 Å². The Kier molecular flexibility index (Phi) is 6.81. The third-order valence-electron chi connectivity index (χ3n) is 6.32. The molecule has 178 valence electrons. The quantitative estimate of drug-likeness (QED) is 0.617. The molecule has 9 nitrogen and oxygen atoms in total.